The molecular formula is C21H21FN3O9P. The van der Waals surface area contributed by atoms with Crippen molar-refractivity contribution in [1.29, 1.82) is 0 Å². The van der Waals surface area contributed by atoms with Crippen LogP contribution in [0.25, 0.3) is 11.1 Å². The molecule has 4 rings (SSSR count). The number of aliphatic hydroxyl groups excluding tert-OH is 2. The summed E-state index contributed by atoms with van der Waals surface area (Å²) in [5, 5.41) is 20.5. The SMILES string of the molecule is O=c1ccn([C@@H]2O[C@H](COP(=O)(O)O)C(O)[C@@H]2O)c(=O)n1Cc1cc(-c2cccc(F)c2)ccn1. The van der Waals surface area contributed by atoms with Gasteiger partial charge in [0.25, 0.3) is 5.56 Å². The summed E-state index contributed by atoms with van der Waals surface area (Å²) in [5.41, 5.74) is -0.0395. The molecule has 1 aliphatic rings. The number of aromatic nitrogens is 3. The number of halogens is 1. The van der Waals surface area contributed by atoms with E-state index in [1.54, 1.807) is 24.3 Å². The number of phosphoric ester groups is 1. The van der Waals surface area contributed by atoms with Crippen LogP contribution in [0.4, 0.5) is 4.39 Å². The van der Waals surface area contributed by atoms with Crippen LogP contribution in [0.5, 0.6) is 0 Å². The minimum atomic E-state index is -4.86. The van der Waals surface area contributed by atoms with Crippen molar-refractivity contribution in [3.05, 3.63) is 87.2 Å². The summed E-state index contributed by atoms with van der Waals surface area (Å²) >= 11 is 0. The molecule has 4 N–H and O–H groups in total. The van der Waals surface area contributed by atoms with Crippen molar-refractivity contribution in [3.8, 4) is 11.1 Å². The molecule has 3 aromatic rings. The van der Waals surface area contributed by atoms with Gasteiger partial charge < -0.3 is 24.7 Å². The van der Waals surface area contributed by atoms with E-state index in [0.717, 1.165) is 21.4 Å². The molecule has 14 heteroatoms. The summed E-state index contributed by atoms with van der Waals surface area (Å²) in [6.07, 6.45) is -3.55. The van der Waals surface area contributed by atoms with Crippen molar-refractivity contribution >= 4 is 7.82 Å². The van der Waals surface area contributed by atoms with Crippen molar-refractivity contribution in [3.63, 3.8) is 0 Å². The zero-order valence-electron chi connectivity index (χ0n) is 17.9. The predicted molar refractivity (Wildman–Crippen MR) is 118 cm³/mol. The normalized spacial score (nSPS) is 22.4. The molecule has 0 saturated carbocycles. The number of pyridine rings is 1. The van der Waals surface area contributed by atoms with E-state index in [4.69, 9.17) is 14.5 Å². The van der Waals surface area contributed by atoms with Gasteiger partial charge in [-0.1, -0.05) is 12.1 Å². The fraction of sp³-hybridized carbons (Fsp3) is 0.286. The van der Waals surface area contributed by atoms with Gasteiger partial charge in [0.1, 0.15) is 24.1 Å². The Morgan fingerprint density at radius 1 is 1.09 bits per heavy atom. The Kier molecular flexibility index (Phi) is 7.10. The molecule has 1 aliphatic heterocycles. The van der Waals surface area contributed by atoms with Crippen LogP contribution < -0.4 is 11.2 Å². The lowest BCUT2D eigenvalue weighted by molar-refractivity contribution is -0.0548. The van der Waals surface area contributed by atoms with E-state index in [-0.39, 0.29) is 6.54 Å². The summed E-state index contributed by atoms with van der Waals surface area (Å²) in [6.45, 7) is -0.998. The molecule has 0 spiro atoms. The first-order valence-corrected chi connectivity index (χ1v) is 11.8. The van der Waals surface area contributed by atoms with Crippen molar-refractivity contribution < 1.29 is 38.2 Å². The topological polar surface area (TPSA) is 173 Å². The zero-order valence-corrected chi connectivity index (χ0v) is 18.8. The van der Waals surface area contributed by atoms with Crippen molar-refractivity contribution in [2.45, 2.75) is 31.1 Å². The van der Waals surface area contributed by atoms with Gasteiger partial charge >= 0.3 is 13.5 Å². The summed E-state index contributed by atoms with van der Waals surface area (Å²) in [5.74, 6) is -0.426. The number of aliphatic hydroxyl groups is 2. The quantitative estimate of drug-likeness (QED) is 0.317. The first-order chi connectivity index (χ1) is 16.5. The number of hydrogen-bond donors (Lipinski definition) is 4. The van der Waals surface area contributed by atoms with E-state index in [1.807, 2.05) is 0 Å². The first-order valence-electron chi connectivity index (χ1n) is 10.3. The molecule has 1 saturated heterocycles. The molecule has 1 fully saturated rings. The largest absolute Gasteiger partial charge is 0.469 e. The Morgan fingerprint density at radius 2 is 1.83 bits per heavy atom. The van der Waals surface area contributed by atoms with E-state index in [0.29, 0.717) is 16.8 Å². The Bertz CT molecular complexity index is 1390. The molecular weight excluding hydrogens is 488 g/mol. The molecule has 0 bridgehead atoms. The number of phosphoric acid groups is 1. The fourth-order valence-corrected chi connectivity index (χ4v) is 4.05. The maximum atomic E-state index is 13.6. The van der Waals surface area contributed by atoms with Crippen molar-refractivity contribution in [1.82, 2.24) is 14.1 Å². The van der Waals surface area contributed by atoms with Crippen LogP contribution in [0.1, 0.15) is 11.9 Å². The van der Waals surface area contributed by atoms with Gasteiger partial charge in [0.15, 0.2) is 6.23 Å². The second kappa shape index (κ2) is 9.91. The van der Waals surface area contributed by atoms with Crippen molar-refractivity contribution in [2.75, 3.05) is 6.61 Å². The van der Waals surface area contributed by atoms with Gasteiger partial charge in [-0.25, -0.2) is 13.8 Å². The standard InChI is InChI=1S/C21H21FN3O9P/c22-14-3-1-2-12(8-14)13-4-6-23-15(9-13)10-25-17(26)5-7-24(21(25)29)20-19(28)18(27)16(34-20)11-33-35(30,31)32/h1-9,16,18-20,27-28H,10-11H2,(H2,30,31,32)/t16-,18?,19+,20-/m1/s1. The third kappa shape index (κ3) is 5.63. The van der Waals surface area contributed by atoms with Crippen LogP contribution in [-0.4, -0.2) is 59.0 Å². The summed E-state index contributed by atoms with van der Waals surface area (Å²) in [6, 6.07) is 10.2. The van der Waals surface area contributed by atoms with E-state index < -0.39 is 56.0 Å². The number of benzene rings is 1. The Hall–Kier alpha value is -3.03. The molecule has 3 heterocycles. The smallest absolute Gasteiger partial charge is 0.387 e. The van der Waals surface area contributed by atoms with Gasteiger partial charge in [-0.2, -0.15) is 0 Å². The van der Waals surface area contributed by atoms with Crippen molar-refractivity contribution in [2.24, 2.45) is 0 Å². The molecule has 4 atom stereocenters. The van der Waals surface area contributed by atoms with E-state index in [2.05, 4.69) is 9.51 Å². The monoisotopic (exact) mass is 509 g/mol. The highest BCUT2D eigenvalue weighted by Crippen LogP contribution is 2.38. The molecule has 0 aliphatic carbocycles. The van der Waals surface area contributed by atoms with E-state index in [9.17, 15) is 28.8 Å². The van der Waals surface area contributed by atoms with Crippen LogP contribution in [0.15, 0.2) is 64.4 Å². The number of ether oxygens (including phenoxy) is 1. The molecule has 12 nitrogen and oxygen atoms in total. The van der Waals surface area contributed by atoms with Gasteiger partial charge in [-0.15, -0.1) is 0 Å². The summed E-state index contributed by atoms with van der Waals surface area (Å²) in [4.78, 5) is 47.4. The summed E-state index contributed by atoms with van der Waals surface area (Å²) < 4.78 is 36.0. The Morgan fingerprint density at radius 3 is 2.54 bits per heavy atom. The maximum absolute atomic E-state index is 13.6. The molecule has 1 unspecified atom stereocenters. The number of hydrogen-bond acceptors (Lipinski definition) is 8. The second-order valence-electron chi connectivity index (χ2n) is 7.81. The van der Waals surface area contributed by atoms with Gasteiger partial charge in [0.05, 0.1) is 18.8 Å². The highest BCUT2D eigenvalue weighted by atomic mass is 31.2. The lowest BCUT2D eigenvalue weighted by Crippen LogP contribution is -2.43. The van der Waals surface area contributed by atoms with Crippen LogP contribution in [0.3, 0.4) is 0 Å². The fourth-order valence-electron chi connectivity index (χ4n) is 3.71. The van der Waals surface area contributed by atoms with Gasteiger partial charge in [0, 0.05) is 18.5 Å². The minimum Gasteiger partial charge on any atom is -0.387 e. The third-order valence-electron chi connectivity index (χ3n) is 5.41. The van der Waals surface area contributed by atoms with Gasteiger partial charge in [-0.05, 0) is 35.4 Å². The minimum absolute atomic E-state index is 0.252. The van der Waals surface area contributed by atoms with Crippen LogP contribution in [0.2, 0.25) is 0 Å². The lowest BCUT2D eigenvalue weighted by atomic mass is 10.1. The molecule has 2 aromatic heterocycles. The average molecular weight is 509 g/mol. The van der Waals surface area contributed by atoms with Crippen LogP contribution in [-0.2, 0) is 20.4 Å². The highest BCUT2D eigenvalue weighted by Gasteiger charge is 2.45. The lowest BCUT2D eigenvalue weighted by Gasteiger charge is -2.18. The first kappa shape index (κ1) is 25.1. The molecule has 35 heavy (non-hydrogen) atoms. The number of rotatable bonds is 7. The molecule has 1 aromatic carbocycles. The predicted octanol–water partition coefficient (Wildman–Crippen LogP) is -0.0121. The van der Waals surface area contributed by atoms with Gasteiger partial charge in [0.2, 0.25) is 0 Å². The van der Waals surface area contributed by atoms with Crippen LogP contribution in [0, 0.1) is 5.82 Å². The Labute approximate surface area is 196 Å². The van der Waals surface area contributed by atoms with E-state index >= 15 is 0 Å². The van der Waals surface area contributed by atoms with Crippen LogP contribution >= 0.6 is 7.82 Å². The molecule has 186 valence electrons. The molecule has 0 radical (unpaired) electrons. The average Bonchev–Trinajstić information content (AvgIpc) is 3.09. The van der Waals surface area contributed by atoms with Gasteiger partial charge in [-0.3, -0.25) is 23.4 Å². The highest BCUT2D eigenvalue weighted by molar-refractivity contribution is 7.46. The molecule has 0 amide bonds. The number of nitrogens with zero attached hydrogens (tertiary/aromatic N) is 3. The Balaban J connectivity index is 1.61. The maximum Gasteiger partial charge on any atom is 0.469 e. The second-order valence-corrected chi connectivity index (χ2v) is 9.05. The summed E-state index contributed by atoms with van der Waals surface area (Å²) in [7, 11) is -4.86. The zero-order chi connectivity index (χ0) is 25.3. The van der Waals surface area contributed by atoms with E-state index in [1.165, 1.54) is 18.3 Å². The third-order valence-corrected chi connectivity index (χ3v) is 5.89.